The lowest BCUT2D eigenvalue weighted by Gasteiger charge is -2.48. The number of cyclic esters (lactones) is 1. The molecule has 3 heterocycles. The number of likely N-dealkylation sites (N-methyl/N-ethyl adjacent to an activating group) is 1. The number of hydrogen-bond donors (Lipinski definition) is 5. The minimum Gasteiger partial charge on any atom is -0.483 e. The van der Waals surface area contributed by atoms with E-state index < -0.39 is 95.9 Å². The molecule has 0 bridgehead atoms. The van der Waals surface area contributed by atoms with Crippen LogP contribution in [0.3, 0.4) is 0 Å². The van der Waals surface area contributed by atoms with E-state index in [1.807, 2.05) is 13.8 Å². The van der Waals surface area contributed by atoms with Crippen LogP contribution in [0.5, 0.6) is 5.75 Å². The number of amides is 2. The molecule has 0 aliphatic carbocycles. The Labute approximate surface area is 335 Å². The van der Waals surface area contributed by atoms with E-state index in [1.54, 1.807) is 54.8 Å². The summed E-state index contributed by atoms with van der Waals surface area (Å²) in [5.41, 5.74) is -3.02. The molecule has 2 aromatic rings. The second-order valence-electron chi connectivity index (χ2n) is 16.7. The maximum absolute atomic E-state index is 14.3. The van der Waals surface area contributed by atoms with Crippen LogP contribution >= 0.6 is 0 Å². The van der Waals surface area contributed by atoms with Gasteiger partial charge in [0.1, 0.15) is 29.4 Å². The van der Waals surface area contributed by atoms with Crippen LogP contribution in [0.1, 0.15) is 80.2 Å². The lowest BCUT2D eigenvalue weighted by molar-refractivity contribution is -0.293. The molecule has 14 atom stereocenters. The normalized spacial score (nSPS) is 37.3. The van der Waals surface area contributed by atoms with Gasteiger partial charge in [-0.15, -0.1) is 0 Å². The fourth-order valence-corrected chi connectivity index (χ4v) is 8.17. The Hall–Kier alpha value is -3.51. The molecule has 2 aliphatic rings. The number of halogens is 1. The molecule has 2 aliphatic heterocycles. The first-order valence-corrected chi connectivity index (χ1v) is 19.9. The minimum atomic E-state index is -1.82. The van der Waals surface area contributed by atoms with Gasteiger partial charge in [0, 0.05) is 38.4 Å². The van der Waals surface area contributed by atoms with Crippen molar-refractivity contribution in [2.24, 2.45) is 17.8 Å². The predicted molar refractivity (Wildman–Crippen MR) is 210 cm³/mol. The topological polar surface area (TPSA) is 196 Å². The first-order valence-electron chi connectivity index (χ1n) is 19.9. The smallest absolute Gasteiger partial charge is 0.326 e. The number of anilines is 1. The number of benzene rings is 1. The van der Waals surface area contributed by atoms with Crippen molar-refractivity contribution < 1.29 is 53.4 Å². The third-order valence-electron chi connectivity index (χ3n) is 11.6. The number of urea groups is 1. The molecular weight excluding hydrogens is 741 g/mol. The van der Waals surface area contributed by atoms with Crippen molar-refractivity contribution in [1.29, 1.82) is 0 Å². The summed E-state index contributed by atoms with van der Waals surface area (Å²) >= 11 is 0. The molecule has 5 N–H and O–H groups in total. The van der Waals surface area contributed by atoms with E-state index in [2.05, 4.69) is 15.3 Å². The van der Waals surface area contributed by atoms with Gasteiger partial charge in [-0.1, -0.05) is 20.8 Å². The molecule has 0 unspecified atom stereocenters. The maximum Gasteiger partial charge on any atom is 0.326 e. The molecule has 1 aromatic carbocycles. The van der Waals surface area contributed by atoms with Crippen LogP contribution in [0.4, 0.5) is 15.1 Å². The number of hydrogen-bond acceptors (Lipinski definition) is 13. The maximum atomic E-state index is 14.3. The fraction of sp³-hybridized carbons (Fsp3) is 0.707. The SMILES string of the molecule is CC[C@H]1OC(=O)[C@H](C)[C@@H](O)[C@H](C)[C@@H](O[C@@H]2O[C@H](C)C[C@H](N(C)C(=O)N(C)c3ncccn3)[C@H]2Oc2ccc(F)cc2C)[C@](C)(O)C[C@@H](C)CN[C@H](C)[C@@H](O)[C@]1(C)O. The number of carbonyl (C=O) groups is 2. The van der Waals surface area contributed by atoms with Gasteiger partial charge in [-0.25, -0.2) is 19.2 Å². The molecule has 1 aromatic heterocycles. The van der Waals surface area contributed by atoms with E-state index in [4.69, 9.17) is 18.9 Å². The Morgan fingerprint density at radius 1 is 1.09 bits per heavy atom. The van der Waals surface area contributed by atoms with E-state index >= 15 is 0 Å². The summed E-state index contributed by atoms with van der Waals surface area (Å²) < 4.78 is 39.9. The zero-order chi connectivity index (χ0) is 42.6. The van der Waals surface area contributed by atoms with E-state index in [-0.39, 0.29) is 24.7 Å². The Balaban J connectivity index is 1.77. The van der Waals surface area contributed by atoms with Crippen molar-refractivity contribution in [2.75, 3.05) is 25.5 Å². The molecule has 320 valence electrons. The Bertz CT molecular complexity index is 1640. The summed E-state index contributed by atoms with van der Waals surface area (Å²) in [5, 5.41) is 50.2. The predicted octanol–water partition coefficient (Wildman–Crippen LogP) is 3.58. The summed E-state index contributed by atoms with van der Waals surface area (Å²) in [6.07, 6.45) is -4.22. The van der Waals surface area contributed by atoms with Crippen molar-refractivity contribution in [2.45, 2.75) is 148 Å². The van der Waals surface area contributed by atoms with Crippen LogP contribution in [0.2, 0.25) is 0 Å². The second kappa shape index (κ2) is 19.0. The van der Waals surface area contributed by atoms with Crippen molar-refractivity contribution >= 4 is 17.9 Å². The highest BCUT2D eigenvalue weighted by Gasteiger charge is 2.51. The van der Waals surface area contributed by atoms with Crippen LogP contribution in [0.25, 0.3) is 0 Å². The Morgan fingerprint density at radius 2 is 1.74 bits per heavy atom. The highest BCUT2D eigenvalue weighted by Crippen LogP contribution is 2.38. The molecule has 2 saturated heterocycles. The fourth-order valence-electron chi connectivity index (χ4n) is 8.17. The minimum absolute atomic E-state index is 0.131. The van der Waals surface area contributed by atoms with Gasteiger partial charge >= 0.3 is 12.0 Å². The summed E-state index contributed by atoms with van der Waals surface area (Å²) in [5.74, 6) is -3.10. The van der Waals surface area contributed by atoms with Gasteiger partial charge in [-0.3, -0.25) is 9.69 Å². The van der Waals surface area contributed by atoms with E-state index in [0.717, 1.165) is 0 Å². The number of aliphatic hydroxyl groups excluding tert-OH is 2. The highest BCUT2D eigenvalue weighted by atomic mass is 19.1. The number of ether oxygens (including phenoxy) is 4. The molecule has 57 heavy (non-hydrogen) atoms. The number of nitrogens with zero attached hydrogens (tertiary/aromatic N) is 4. The van der Waals surface area contributed by atoms with Crippen molar-refractivity contribution in [3.63, 3.8) is 0 Å². The van der Waals surface area contributed by atoms with Crippen LogP contribution in [-0.4, -0.2) is 134 Å². The number of aromatic nitrogens is 2. The third kappa shape index (κ3) is 10.8. The number of aryl methyl sites for hydroxylation is 1. The average molecular weight is 806 g/mol. The molecule has 15 nitrogen and oxygen atoms in total. The number of esters is 1. The monoisotopic (exact) mass is 805 g/mol. The first kappa shape index (κ1) is 46.2. The summed E-state index contributed by atoms with van der Waals surface area (Å²) in [4.78, 5) is 38.9. The first-order chi connectivity index (χ1) is 26.6. The van der Waals surface area contributed by atoms with Gasteiger partial charge in [0.25, 0.3) is 0 Å². The zero-order valence-electron chi connectivity index (χ0n) is 35.1. The van der Waals surface area contributed by atoms with Gasteiger partial charge < -0.3 is 49.6 Å². The number of carbonyl (C=O) groups excluding carboxylic acids is 2. The molecular formula is C41H64FN5O10. The standard InChI is InChI=1S/C41H64FN5O10/c1-12-31-41(9,53)34(49)27(7)45-21-22(2)20-40(8,52)35(25(5)32(48)26(6)36(50)56-31)57-37-33(55-30-15-14-28(42)18-23(30)3)29(19-24(4)54-37)46(10)39(51)47(11)38-43-16-13-17-44-38/h13-18,22,24-27,29,31-35,37,45,48-49,52-53H,12,19-21H2,1-11H3/t22-,24-,25+,26-,27-,29+,31-,32+,33-,34-,35-,37+,40-,41-/m1/s1. The van der Waals surface area contributed by atoms with Gasteiger partial charge in [0.05, 0.1) is 35.9 Å². The number of nitrogens with one attached hydrogen (secondary N) is 1. The van der Waals surface area contributed by atoms with Gasteiger partial charge in [0.2, 0.25) is 5.95 Å². The van der Waals surface area contributed by atoms with Crippen LogP contribution < -0.4 is 15.0 Å². The summed E-state index contributed by atoms with van der Waals surface area (Å²) in [6.45, 7) is 15.3. The molecule has 2 fully saturated rings. The quantitative estimate of drug-likeness (QED) is 0.255. The van der Waals surface area contributed by atoms with Gasteiger partial charge in [-0.2, -0.15) is 0 Å². The van der Waals surface area contributed by atoms with Gasteiger partial charge in [-0.05, 0) is 103 Å². The van der Waals surface area contributed by atoms with Crippen molar-refractivity contribution in [3.05, 3.63) is 48.0 Å². The van der Waals surface area contributed by atoms with E-state index in [9.17, 15) is 34.4 Å². The van der Waals surface area contributed by atoms with Crippen molar-refractivity contribution in [1.82, 2.24) is 20.2 Å². The largest absolute Gasteiger partial charge is 0.483 e. The summed E-state index contributed by atoms with van der Waals surface area (Å²) in [6, 6.07) is 3.91. The molecule has 2 amide bonds. The van der Waals surface area contributed by atoms with Crippen LogP contribution in [0.15, 0.2) is 36.7 Å². The van der Waals surface area contributed by atoms with Crippen LogP contribution in [-0.2, 0) is 19.0 Å². The lowest BCUT2D eigenvalue weighted by atomic mass is 9.78. The lowest BCUT2D eigenvalue weighted by Crippen LogP contribution is -2.62. The van der Waals surface area contributed by atoms with Crippen molar-refractivity contribution in [3.8, 4) is 5.75 Å². The van der Waals surface area contributed by atoms with Gasteiger partial charge in [0.15, 0.2) is 12.4 Å². The van der Waals surface area contributed by atoms with E-state index in [1.165, 1.54) is 54.2 Å². The molecule has 16 heteroatoms. The average Bonchev–Trinajstić information content (AvgIpc) is 3.17. The second-order valence-corrected chi connectivity index (χ2v) is 16.7. The highest BCUT2D eigenvalue weighted by molar-refractivity contribution is 5.89. The Morgan fingerprint density at radius 3 is 2.35 bits per heavy atom. The molecule has 0 spiro atoms. The third-order valence-corrected chi connectivity index (χ3v) is 11.6. The number of aliphatic hydroxyl groups is 4. The molecule has 4 rings (SSSR count). The molecule has 0 radical (unpaired) electrons. The number of rotatable bonds is 7. The van der Waals surface area contributed by atoms with E-state index in [0.29, 0.717) is 24.3 Å². The Kier molecular flexibility index (Phi) is 15.4. The summed E-state index contributed by atoms with van der Waals surface area (Å²) in [7, 11) is 3.17. The molecule has 0 saturated carbocycles. The zero-order valence-corrected chi connectivity index (χ0v) is 35.1. The van der Waals surface area contributed by atoms with Crippen LogP contribution in [0, 0.1) is 30.5 Å².